The molecule has 116 valence electrons. The fourth-order valence-corrected chi connectivity index (χ4v) is 3.60. The van der Waals surface area contributed by atoms with Crippen LogP contribution in [-0.2, 0) is 4.79 Å². The van der Waals surface area contributed by atoms with Gasteiger partial charge in [-0.3, -0.25) is 4.79 Å². The lowest BCUT2D eigenvalue weighted by atomic mass is 10.1. The predicted octanol–water partition coefficient (Wildman–Crippen LogP) is 4.02. The Balaban J connectivity index is 2.01. The van der Waals surface area contributed by atoms with Crippen LogP contribution in [0.5, 0.6) is 0 Å². The second kappa shape index (κ2) is 6.63. The molecule has 0 aliphatic rings. The smallest absolute Gasteiger partial charge is 0.222 e. The van der Waals surface area contributed by atoms with Crippen molar-refractivity contribution < 1.29 is 4.79 Å². The van der Waals surface area contributed by atoms with E-state index < -0.39 is 0 Å². The van der Waals surface area contributed by atoms with Crippen LogP contribution in [0.1, 0.15) is 6.92 Å². The molecule has 1 aromatic carbocycles. The van der Waals surface area contributed by atoms with Gasteiger partial charge in [0.15, 0.2) is 0 Å². The number of anilines is 2. The molecule has 0 aliphatic heterocycles. The van der Waals surface area contributed by atoms with Crippen molar-refractivity contribution in [2.45, 2.75) is 6.92 Å². The standard InChI is InChI=1S/C16H13IN4OS/c1-9(22)20-13-8-10(6-7-19-13)16-21-14(15(18)23-16)11-4-2-3-5-12(11)17/h2-8H,18H2,1H3,(H,19,20,22). The Morgan fingerprint density at radius 3 is 2.83 bits per heavy atom. The zero-order valence-electron chi connectivity index (χ0n) is 12.2. The quantitative estimate of drug-likeness (QED) is 0.608. The van der Waals surface area contributed by atoms with Crippen molar-refractivity contribution >= 4 is 50.7 Å². The Bertz CT molecular complexity index is 878. The van der Waals surface area contributed by atoms with Crippen molar-refractivity contribution in [1.82, 2.24) is 9.97 Å². The highest BCUT2D eigenvalue weighted by atomic mass is 127. The molecule has 2 aromatic heterocycles. The van der Waals surface area contributed by atoms with Gasteiger partial charge in [0.1, 0.15) is 21.5 Å². The average molecular weight is 436 g/mol. The molecule has 23 heavy (non-hydrogen) atoms. The monoisotopic (exact) mass is 436 g/mol. The number of halogens is 1. The predicted molar refractivity (Wildman–Crippen MR) is 102 cm³/mol. The Kier molecular flexibility index (Phi) is 4.58. The van der Waals surface area contributed by atoms with Gasteiger partial charge in [0.2, 0.25) is 5.91 Å². The first kappa shape index (κ1) is 15.9. The largest absolute Gasteiger partial charge is 0.389 e. The molecule has 0 spiro atoms. The second-order valence-corrected chi connectivity index (χ2v) is 7.02. The molecule has 3 aromatic rings. The topological polar surface area (TPSA) is 80.9 Å². The first-order valence-electron chi connectivity index (χ1n) is 6.80. The molecule has 3 rings (SSSR count). The van der Waals surface area contributed by atoms with Crippen molar-refractivity contribution in [3.8, 4) is 21.8 Å². The number of benzene rings is 1. The van der Waals surface area contributed by atoms with Gasteiger partial charge in [0.05, 0.1) is 0 Å². The van der Waals surface area contributed by atoms with Crippen LogP contribution in [0.2, 0.25) is 0 Å². The van der Waals surface area contributed by atoms with Crippen LogP contribution in [-0.4, -0.2) is 15.9 Å². The van der Waals surface area contributed by atoms with E-state index in [-0.39, 0.29) is 5.91 Å². The van der Waals surface area contributed by atoms with Crippen LogP contribution in [0, 0.1) is 3.57 Å². The minimum absolute atomic E-state index is 0.159. The van der Waals surface area contributed by atoms with Gasteiger partial charge < -0.3 is 11.1 Å². The summed E-state index contributed by atoms with van der Waals surface area (Å²) in [4.78, 5) is 20.0. The molecular formula is C16H13IN4OS. The summed E-state index contributed by atoms with van der Waals surface area (Å²) < 4.78 is 1.10. The molecule has 0 aliphatic carbocycles. The third-order valence-corrected chi connectivity index (χ3v) is 4.97. The lowest BCUT2D eigenvalue weighted by Gasteiger charge is -2.02. The van der Waals surface area contributed by atoms with Crippen LogP contribution in [0.3, 0.4) is 0 Å². The van der Waals surface area contributed by atoms with E-state index in [1.807, 2.05) is 30.3 Å². The fourth-order valence-electron chi connectivity index (χ4n) is 2.11. The third kappa shape index (κ3) is 3.50. The highest BCUT2D eigenvalue weighted by Crippen LogP contribution is 2.37. The van der Waals surface area contributed by atoms with E-state index in [4.69, 9.17) is 5.73 Å². The lowest BCUT2D eigenvalue weighted by Crippen LogP contribution is -2.07. The number of aromatic nitrogens is 2. The number of nitrogen functional groups attached to an aromatic ring is 1. The molecule has 0 bridgehead atoms. The number of pyridine rings is 1. The zero-order valence-corrected chi connectivity index (χ0v) is 15.2. The molecule has 0 radical (unpaired) electrons. The highest BCUT2D eigenvalue weighted by molar-refractivity contribution is 14.1. The number of hydrogen-bond donors (Lipinski definition) is 2. The molecule has 2 heterocycles. The van der Waals surface area contributed by atoms with Crippen molar-refractivity contribution in [2.24, 2.45) is 0 Å². The summed E-state index contributed by atoms with van der Waals surface area (Å²) >= 11 is 3.70. The van der Waals surface area contributed by atoms with E-state index in [2.05, 4.69) is 37.9 Å². The molecule has 7 heteroatoms. The van der Waals surface area contributed by atoms with Crippen LogP contribution < -0.4 is 11.1 Å². The van der Waals surface area contributed by atoms with Gasteiger partial charge in [-0.15, -0.1) is 0 Å². The Morgan fingerprint density at radius 2 is 2.09 bits per heavy atom. The first-order chi connectivity index (χ1) is 11.0. The summed E-state index contributed by atoms with van der Waals surface area (Å²) in [6, 6.07) is 11.6. The zero-order chi connectivity index (χ0) is 16.4. The summed E-state index contributed by atoms with van der Waals surface area (Å²) in [6.45, 7) is 1.45. The number of nitrogens with zero attached hydrogens (tertiary/aromatic N) is 2. The molecule has 0 unspecified atom stereocenters. The molecule has 3 N–H and O–H groups in total. The summed E-state index contributed by atoms with van der Waals surface area (Å²) in [7, 11) is 0. The van der Waals surface area contributed by atoms with Gasteiger partial charge in [0, 0.05) is 27.8 Å². The molecule has 5 nitrogen and oxygen atoms in total. The second-order valence-electron chi connectivity index (χ2n) is 4.82. The number of thiazole rings is 1. The van der Waals surface area contributed by atoms with Crippen molar-refractivity contribution in [3.05, 3.63) is 46.2 Å². The van der Waals surface area contributed by atoms with Crippen LogP contribution in [0.25, 0.3) is 21.8 Å². The van der Waals surface area contributed by atoms with Gasteiger partial charge in [-0.1, -0.05) is 29.5 Å². The minimum atomic E-state index is -0.159. The number of hydrogen-bond acceptors (Lipinski definition) is 5. The van der Waals surface area contributed by atoms with E-state index in [0.717, 1.165) is 25.4 Å². The van der Waals surface area contributed by atoms with E-state index in [1.165, 1.54) is 18.3 Å². The summed E-state index contributed by atoms with van der Waals surface area (Å²) in [5.41, 5.74) is 8.84. The van der Waals surface area contributed by atoms with Crippen molar-refractivity contribution in [2.75, 3.05) is 11.1 Å². The molecule has 0 atom stereocenters. The van der Waals surface area contributed by atoms with E-state index in [1.54, 1.807) is 12.3 Å². The number of nitrogens with one attached hydrogen (secondary N) is 1. The minimum Gasteiger partial charge on any atom is -0.389 e. The molecule has 0 saturated carbocycles. The van der Waals surface area contributed by atoms with Crippen LogP contribution in [0.4, 0.5) is 10.8 Å². The highest BCUT2D eigenvalue weighted by Gasteiger charge is 2.14. The van der Waals surface area contributed by atoms with Crippen LogP contribution in [0.15, 0.2) is 42.6 Å². The van der Waals surface area contributed by atoms with Gasteiger partial charge in [-0.05, 0) is 40.8 Å². The molecule has 0 saturated heterocycles. The van der Waals surface area contributed by atoms with Gasteiger partial charge >= 0.3 is 0 Å². The summed E-state index contributed by atoms with van der Waals surface area (Å²) in [5.74, 6) is 0.340. The van der Waals surface area contributed by atoms with Crippen LogP contribution >= 0.6 is 33.9 Å². The van der Waals surface area contributed by atoms with Gasteiger partial charge in [-0.2, -0.15) is 0 Å². The number of nitrogens with two attached hydrogens (primary N) is 1. The maximum absolute atomic E-state index is 11.2. The lowest BCUT2D eigenvalue weighted by molar-refractivity contribution is -0.114. The van der Waals surface area contributed by atoms with E-state index in [9.17, 15) is 4.79 Å². The molecule has 1 amide bonds. The van der Waals surface area contributed by atoms with E-state index in [0.29, 0.717) is 10.8 Å². The number of carbonyl (C=O) groups excluding carboxylic acids is 1. The SMILES string of the molecule is CC(=O)Nc1cc(-c2nc(-c3ccccc3I)c(N)s2)ccn1. The number of amides is 1. The number of rotatable bonds is 3. The normalized spacial score (nSPS) is 10.5. The fraction of sp³-hybridized carbons (Fsp3) is 0.0625. The van der Waals surface area contributed by atoms with Gasteiger partial charge in [-0.25, -0.2) is 9.97 Å². The Labute approximate surface area is 151 Å². The van der Waals surface area contributed by atoms with Crippen molar-refractivity contribution in [3.63, 3.8) is 0 Å². The summed E-state index contributed by atoms with van der Waals surface area (Å²) in [5, 5.41) is 4.14. The van der Waals surface area contributed by atoms with E-state index >= 15 is 0 Å². The third-order valence-electron chi connectivity index (χ3n) is 3.09. The average Bonchev–Trinajstić information content (AvgIpc) is 2.89. The van der Waals surface area contributed by atoms with Gasteiger partial charge in [0.25, 0.3) is 0 Å². The summed E-state index contributed by atoms with van der Waals surface area (Å²) in [6.07, 6.45) is 1.64. The Morgan fingerprint density at radius 1 is 1.30 bits per heavy atom. The molecular weight excluding hydrogens is 423 g/mol. The number of carbonyl (C=O) groups is 1. The Hall–Kier alpha value is -2.00. The maximum Gasteiger partial charge on any atom is 0.222 e. The first-order valence-corrected chi connectivity index (χ1v) is 8.69. The molecule has 0 fully saturated rings. The van der Waals surface area contributed by atoms with Crippen molar-refractivity contribution in [1.29, 1.82) is 0 Å². The maximum atomic E-state index is 11.2.